The fraction of sp³-hybridized carbons (Fsp3) is 0.562. The van der Waals surface area contributed by atoms with Gasteiger partial charge in [-0.3, -0.25) is 9.10 Å². The minimum absolute atomic E-state index is 0.110. The first-order valence-electron chi connectivity index (χ1n) is 8.09. The summed E-state index contributed by atoms with van der Waals surface area (Å²) in [5, 5.41) is 3.81. The van der Waals surface area contributed by atoms with Gasteiger partial charge in [0, 0.05) is 17.5 Å². The predicted molar refractivity (Wildman–Crippen MR) is 106 cm³/mol. The molecular weight excluding hydrogens is 403 g/mol. The van der Waals surface area contributed by atoms with Crippen molar-refractivity contribution in [3.8, 4) is 0 Å². The number of nitrogens with zero attached hydrogens (tertiary/aromatic N) is 1. The van der Waals surface area contributed by atoms with Gasteiger partial charge in [0.2, 0.25) is 15.9 Å². The summed E-state index contributed by atoms with van der Waals surface area (Å²) in [6.07, 6.45) is 6.09. The molecule has 25 heavy (non-hydrogen) atoms. The van der Waals surface area contributed by atoms with Crippen molar-refractivity contribution in [1.82, 2.24) is 5.32 Å². The van der Waals surface area contributed by atoms with Crippen molar-refractivity contribution in [3.63, 3.8) is 0 Å². The topological polar surface area (TPSA) is 66.5 Å². The van der Waals surface area contributed by atoms with Crippen molar-refractivity contribution in [2.75, 3.05) is 29.4 Å². The van der Waals surface area contributed by atoms with Crippen LogP contribution in [0.5, 0.6) is 0 Å². The lowest BCUT2D eigenvalue weighted by Crippen LogP contribution is -2.41. The second-order valence-corrected chi connectivity index (χ2v) is 10.1. The molecule has 140 valence electrons. The lowest BCUT2D eigenvalue weighted by molar-refractivity contribution is -0.119. The molecule has 1 N–H and O–H groups in total. The average Bonchev–Trinajstić information content (AvgIpc) is 3.05. The zero-order valence-corrected chi connectivity index (χ0v) is 17.1. The predicted octanol–water partition coefficient (Wildman–Crippen LogP) is 3.55. The molecule has 0 atom stereocenters. The minimum Gasteiger partial charge on any atom is -0.354 e. The van der Waals surface area contributed by atoms with Gasteiger partial charge in [0.05, 0.1) is 22.0 Å². The van der Waals surface area contributed by atoms with Gasteiger partial charge in [-0.1, -0.05) is 42.1 Å². The molecule has 1 aromatic rings. The third-order valence-corrected chi connectivity index (χ3v) is 7.29. The van der Waals surface area contributed by atoms with Crippen LogP contribution in [0.1, 0.15) is 25.7 Å². The number of carbonyl (C=O) groups excluding carboxylic acids is 1. The Balaban J connectivity index is 1.93. The van der Waals surface area contributed by atoms with E-state index in [1.165, 1.54) is 31.7 Å². The highest BCUT2D eigenvalue weighted by Crippen LogP contribution is 2.33. The zero-order chi connectivity index (χ0) is 18.4. The highest BCUT2D eigenvalue weighted by Gasteiger charge is 2.24. The lowest BCUT2D eigenvalue weighted by Gasteiger charge is -2.23. The summed E-state index contributed by atoms with van der Waals surface area (Å²) >= 11 is 13.9. The Hall–Kier alpha value is -0.630. The first-order chi connectivity index (χ1) is 11.8. The smallest absolute Gasteiger partial charge is 0.240 e. The molecule has 2 rings (SSSR count). The number of hydrogen-bond acceptors (Lipinski definition) is 4. The van der Waals surface area contributed by atoms with E-state index in [-0.39, 0.29) is 28.2 Å². The Kier molecular flexibility index (Phi) is 7.73. The van der Waals surface area contributed by atoms with Crippen molar-refractivity contribution in [2.45, 2.75) is 30.9 Å². The Morgan fingerprint density at radius 1 is 1.32 bits per heavy atom. The molecule has 0 spiro atoms. The molecule has 0 unspecified atom stereocenters. The number of rotatable bonds is 8. The van der Waals surface area contributed by atoms with Gasteiger partial charge in [-0.25, -0.2) is 8.42 Å². The van der Waals surface area contributed by atoms with Gasteiger partial charge in [0.15, 0.2) is 0 Å². The van der Waals surface area contributed by atoms with Crippen molar-refractivity contribution in [1.29, 1.82) is 0 Å². The van der Waals surface area contributed by atoms with Crippen molar-refractivity contribution in [3.05, 3.63) is 28.2 Å². The van der Waals surface area contributed by atoms with Gasteiger partial charge in [0.25, 0.3) is 0 Å². The highest BCUT2D eigenvalue weighted by atomic mass is 35.5. The molecule has 0 bridgehead atoms. The van der Waals surface area contributed by atoms with E-state index in [4.69, 9.17) is 23.2 Å². The largest absolute Gasteiger partial charge is 0.354 e. The SMILES string of the molecule is CS(=O)(=O)N(CC(=O)NCCSC1CCCC1)c1cccc(Cl)c1Cl. The minimum atomic E-state index is -3.67. The van der Waals surface area contributed by atoms with Crippen LogP contribution in [0.3, 0.4) is 0 Å². The van der Waals surface area contributed by atoms with Crippen LogP contribution >= 0.6 is 35.0 Å². The first-order valence-corrected chi connectivity index (χ1v) is 11.7. The molecule has 1 amide bonds. The molecule has 0 aliphatic heterocycles. The van der Waals surface area contributed by atoms with E-state index in [0.717, 1.165) is 16.3 Å². The van der Waals surface area contributed by atoms with Gasteiger partial charge < -0.3 is 5.32 Å². The number of benzene rings is 1. The van der Waals surface area contributed by atoms with E-state index >= 15 is 0 Å². The van der Waals surface area contributed by atoms with Crippen LogP contribution in [0, 0.1) is 0 Å². The van der Waals surface area contributed by atoms with E-state index in [9.17, 15) is 13.2 Å². The number of thioether (sulfide) groups is 1. The fourth-order valence-corrected chi connectivity index (χ4v) is 5.25. The molecule has 0 heterocycles. The molecule has 1 saturated carbocycles. The van der Waals surface area contributed by atoms with Crippen LogP contribution in [0.15, 0.2) is 18.2 Å². The number of nitrogens with one attached hydrogen (secondary N) is 1. The number of hydrogen-bond donors (Lipinski definition) is 1. The van der Waals surface area contributed by atoms with Gasteiger partial charge >= 0.3 is 0 Å². The number of anilines is 1. The highest BCUT2D eigenvalue weighted by molar-refractivity contribution is 7.99. The van der Waals surface area contributed by atoms with Crippen molar-refractivity contribution in [2.24, 2.45) is 0 Å². The summed E-state index contributed by atoms with van der Waals surface area (Å²) in [5.41, 5.74) is 0.201. The van der Waals surface area contributed by atoms with Crippen LogP contribution in [0.25, 0.3) is 0 Å². The molecule has 1 aliphatic rings. The van der Waals surface area contributed by atoms with Crippen LogP contribution in [-0.2, 0) is 14.8 Å². The van der Waals surface area contributed by atoms with Crippen molar-refractivity contribution >= 4 is 56.6 Å². The standard InChI is InChI=1S/C16H22Cl2N2O3S2/c1-25(22,23)20(14-8-4-7-13(17)16(14)18)11-15(21)19-9-10-24-12-5-2-3-6-12/h4,7-8,12H,2-3,5-6,9-11H2,1H3,(H,19,21). The van der Waals surface area contributed by atoms with Gasteiger partial charge in [-0.05, 0) is 25.0 Å². The Bertz CT molecular complexity index is 707. The van der Waals surface area contributed by atoms with Crippen LogP contribution in [0.2, 0.25) is 10.0 Å². The maximum absolute atomic E-state index is 12.2. The number of carbonyl (C=O) groups is 1. The third kappa shape index (κ3) is 6.24. The quantitative estimate of drug-likeness (QED) is 0.647. The second-order valence-electron chi connectivity index (χ2n) is 5.97. The average molecular weight is 425 g/mol. The van der Waals surface area contributed by atoms with E-state index < -0.39 is 10.0 Å². The first kappa shape index (κ1) is 20.7. The van der Waals surface area contributed by atoms with Gasteiger partial charge in [-0.2, -0.15) is 11.8 Å². The summed E-state index contributed by atoms with van der Waals surface area (Å²) < 4.78 is 25.1. The Morgan fingerprint density at radius 2 is 2.00 bits per heavy atom. The molecule has 0 aromatic heterocycles. The fourth-order valence-electron chi connectivity index (χ4n) is 2.72. The Morgan fingerprint density at radius 3 is 2.64 bits per heavy atom. The molecule has 9 heteroatoms. The summed E-state index contributed by atoms with van der Waals surface area (Å²) in [4.78, 5) is 12.2. The summed E-state index contributed by atoms with van der Waals surface area (Å²) in [6, 6.07) is 4.69. The van der Waals surface area contributed by atoms with Crippen LogP contribution < -0.4 is 9.62 Å². The van der Waals surface area contributed by atoms with Crippen molar-refractivity contribution < 1.29 is 13.2 Å². The van der Waals surface area contributed by atoms with E-state index in [1.807, 2.05) is 11.8 Å². The second kappa shape index (κ2) is 9.35. The number of sulfonamides is 1. The van der Waals surface area contributed by atoms with E-state index in [1.54, 1.807) is 12.1 Å². The molecular formula is C16H22Cl2N2O3S2. The maximum Gasteiger partial charge on any atom is 0.240 e. The number of amides is 1. The van der Waals surface area contributed by atoms with E-state index in [0.29, 0.717) is 11.8 Å². The molecule has 1 aromatic carbocycles. The molecule has 0 radical (unpaired) electrons. The van der Waals surface area contributed by atoms with Crippen LogP contribution in [-0.4, -0.2) is 44.7 Å². The number of halogens is 2. The maximum atomic E-state index is 12.2. The van der Waals surface area contributed by atoms with Crippen LogP contribution in [0.4, 0.5) is 5.69 Å². The molecule has 5 nitrogen and oxygen atoms in total. The molecule has 1 fully saturated rings. The normalized spacial score (nSPS) is 15.3. The Labute approximate surface area is 163 Å². The third-order valence-electron chi connectivity index (χ3n) is 3.97. The van der Waals surface area contributed by atoms with Gasteiger partial charge in [0.1, 0.15) is 6.54 Å². The summed E-state index contributed by atoms with van der Waals surface area (Å²) in [7, 11) is -3.67. The molecule has 0 saturated heterocycles. The lowest BCUT2D eigenvalue weighted by atomic mass is 10.3. The zero-order valence-electron chi connectivity index (χ0n) is 14.0. The summed E-state index contributed by atoms with van der Waals surface area (Å²) in [6.45, 7) is 0.188. The monoisotopic (exact) mass is 424 g/mol. The molecule has 1 aliphatic carbocycles. The van der Waals surface area contributed by atoms with Gasteiger partial charge in [-0.15, -0.1) is 0 Å². The summed E-state index contributed by atoms with van der Waals surface area (Å²) in [5.74, 6) is 0.459. The van der Waals surface area contributed by atoms with E-state index in [2.05, 4.69) is 5.32 Å².